The lowest BCUT2D eigenvalue weighted by molar-refractivity contribution is -0.129. The molecule has 2 unspecified atom stereocenters. The van der Waals surface area contributed by atoms with Crippen molar-refractivity contribution in [3.05, 3.63) is 0 Å². The number of nitrogens with two attached hydrogens (primary N) is 1. The highest BCUT2D eigenvalue weighted by atomic mass is 32.2. The monoisotopic (exact) mass is 304 g/mol. The Balaban J connectivity index is 2.44. The van der Waals surface area contributed by atoms with Crippen LogP contribution >= 0.6 is 0 Å². The molecular formula is C14H28N2O3S. The van der Waals surface area contributed by atoms with Crippen molar-refractivity contribution in [1.29, 1.82) is 0 Å². The van der Waals surface area contributed by atoms with E-state index in [0.717, 1.165) is 32.1 Å². The van der Waals surface area contributed by atoms with Crippen molar-refractivity contribution in [3.8, 4) is 0 Å². The Morgan fingerprint density at radius 2 is 2.05 bits per heavy atom. The Hall–Kier alpha value is -0.620. The summed E-state index contributed by atoms with van der Waals surface area (Å²) < 4.78 is 24.6. The van der Waals surface area contributed by atoms with Crippen LogP contribution in [0.25, 0.3) is 0 Å². The summed E-state index contributed by atoms with van der Waals surface area (Å²) >= 11 is 0. The van der Waals surface area contributed by atoms with E-state index in [1.165, 1.54) is 0 Å². The van der Waals surface area contributed by atoms with Gasteiger partial charge in [0.1, 0.15) is 0 Å². The second-order valence-corrected chi connectivity index (χ2v) is 8.37. The van der Waals surface area contributed by atoms with Gasteiger partial charge in [0.15, 0.2) is 9.84 Å². The molecule has 0 aliphatic heterocycles. The lowest BCUT2D eigenvalue weighted by Gasteiger charge is -2.26. The van der Waals surface area contributed by atoms with Crippen molar-refractivity contribution < 1.29 is 13.2 Å². The zero-order valence-corrected chi connectivity index (χ0v) is 13.5. The van der Waals surface area contributed by atoms with Crippen LogP contribution in [0.3, 0.4) is 0 Å². The van der Waals surface area contributed by atoms with Gasteiger partial charge in [-0.3, -0.25) is 4.79 Å². The molecule has 0 saturated heterocycles. The fourth-order valence-electron chi connectivity index (χ4n) is 2.74. The molecule has 0 spiro atoms. The van der Waals surface area contributed by atoms with E-state index >= 15 is 0 Å². The minimum atomic E-state index is -3.14. The fraction of sp³-hybridized carbons (Fsp3) is 0.929. The molecule has 0 aromatic carbocycles. The maximum absolute atomic E-state index is 12.3. The molecule has 0 bridgehead atoms. The van der Waals surface area contributed by atoms with Crippen LogP contribution in [0, 0.1) is 5.92 Å². The molecule has 5 nitrogen and oxygen atoms in total. The molecule has 2 atom stereocenters. The fourth-order valence-corrected chi connectivity index (χ4v) is 4.68. The summed E-state index contributed by atoms with van der Waals surface area (Å²) in [5.41, 5.74) is 5.40. The van der Waals surface area contributed by atoms with E-state index in [4.69, 9.17) is 5.73 Å². The van der Waals surface area contributed by atoms with Gasteiger partial charge >= 0.3 is 0 Å². The number of carbonyl (C=O) groups is 1. The van der Waals surface area contributed by atoms with Crippen molar-refractivity contribution in [2.24, 2.45) is 11.7 Å². The zero-order valence-electron chi connectivity index (χ0n) is 12.7. The highest BCUT2D eigenvalue weighted by molar-refractivity contribution is 7.92. The Morgan fingerprint density at radius 1 is 1.35 bits per heavy atom. The largest absolute Gasteiger partial charge is 0.346 e. The summed E-state index contributed by atoms with van der Waals surface area (Å²) in [5, 5.41) is -0.242. The predicted octanol–water partition coefficient (Wildman–Crippen LogP) is 1.18. The molecule has 0 heterocycles. The third-order valence-corrected chi connectivity index (χ3v) is 6.34. The number of hydrogen-bond donors (Lipinski definition) is 1. The number of sulfone groups is 1. The number of rotatable bonds is 7. The molecule has 118 valence electrons. The van der Waals surface area contributed by atoms with Gasteiger partial charge in [0.2, 0.25) is 5.91 Å². The quantitative estimate of drug-likeness (QED) is 0.766. The maximum Gasteiger partial charge on any atom is 0.223 e. The van der Waals surface area contributed by atoms with Crippen molar-refractivity contribution in [1.82, 2.24) is 4.90 Å². The molecule has 1 amide bonds. The molecule has 1 rings (SSSR count). The first-order valence-electron chi connectivity index (χ1n) is 7.52. The minimum Gasteiger partial charge on any atom is -0.346 e. The molecule has 1 saturated carbocycles. The number of carbonyl (C=O) groups excluding carboxylic acids is 1. The van der Waals surface area contributed by atoms with Crippen LogP contribution in [0.15, 0.2) is 0 Å². The Kier molecular flexibility index (Phi) is 6.95. The first kappa shape index (κ1) is 17.4. The SMILES string of the molecule is CC1CCCC(S(=O)(=O)CCC(=O)N(C)CCCN)C1. The molecule has 1 aliphatic carbocycles. The van der Waals surface area contributed by atoms with E-state index in [-0.39, 0.29) is 23.3 Å². The van der Waals surface area contributed by atoms with Crippen LogP contribution in [-0.2, 0) is 14.6 Å². The average Bonchev–Trinajstić information content (AvgIpc) is 2.42. The smallest absolute Gasteiger partial charge is 0.223 e. The number of nitrogens with zero attached hydrogens (tertiary/aromatic N) is 1. The van der Waals surface area contributed by atoms with Gasteiger partial charge < -0.3 is 10.6 Å². The highest BCUT2D eigenvalue weighted by Crippen LogP contribution is 2.28. The van der Waals surface area contributed by atoms with Gasteiger partial charge in [-0.05, 0) is 31.7 Å². The van der Waals surface area contributed by atoms with E-state index < -0.39 is 9.84 Å². The summed E-state index contributed by atoms with van der Waals surface area (Å²) in [6, 6.07) is 0. The molecule has 2 N–H and O–H groups in total. The van der Waals surface area contributed by atoms with Crippen LogP contribution < -0.4 is 5.73 Å². The molecule has 0 aromatic rings. The van der Waals surface area contributed by atoms with Crippen LogP contribution in [0.1, 0.15) is 45.4 Å². The van der Waals surface area contributed by atoms with Crippen LogP contribution in [0.4, 0.5) is 0 Å². The molecule has 1 fully saturated rings. The van der Waals surface area contributed by atoms with E-state index in [1.54, 1.807) is 11.9 Å². The maximum atomic E-state index is 12.3. The standard InChI is InChI=1S/C14H28N2O3S/c1-12-5-3-6-13(11-12)20(18,19)10-7-14(17)16(2)9-4-8-15/h12-13H,3-11,15H2,1-2H3. The van der Waals surface area contributed by atoms with Gasteiger partial charge in [-0.25, -0.2) is 8.42 Å². The Morgan fingerprint density at radius 3 is 2.65 bits per heavy atom. The molecule has 1 aliphatic rings. The molecular weight excluding hydrogens is 276 g/mol. The van der Waals surface area contributed by atoms with Crippen molar-refractivity contribution in [2.75, 3.05) is 25.9 Å². The van der Waals surface area contributed by atoms with E-state index in [1.807, 2.05) is 0 Å². The molecule has 20 heavy (non-hydrogen) atoms. The summed E-state index contributed by atoms with van der Waals surface area (Å²) in [6.07, 6.45) is 4.44. The topological polar surface area (TPSA) is 80.5 Å². The summed E-state index contributed by atoms with van der Waals surface area (Å²) in [6.45, 7) is 3.24. The summed E-state index contributed by atoms with van der Waals surface area (Å²) in [4.78, 5) is 13.4. The second-order valence-electron chi connectivity index (χ2n) is 5.97. The van der Waals surface area contributed by atoms with Crippen LogP contribution in [-0.4, -0.2) is 50.4 Å². The third kappa shape index (κ3) is 5.40. The molecule has 6 heteroatoms. The molecule has 0 radical (unpaired) electrons. The normalized spacial score (nSPS) is 23.6. The van der Waals surface area contributed by atoms with Crippen molar-refractivity contribution in [3.63, 3.8) is 0 Å². The summed E-state index contributed by atoms with van der Waals surface area (Å²) in [7, 11) is -1.44. The highest BCUT2D eigenvalue weighted by Gasteiger charge is 2.30. The average molecular weight is 304 g/mol. The van der Waals surface area contributed by atoms with Gasteiger partial charge in [-0.2, -0.15) is 0 Å². The van der Waals surface area contributed by atoms with Gasteiger partial charge in [-0.1, -0.05) is 19.8 Å². The number of hydrogen-bond acceptors (Lipinski definition) is 4. The van der Waals surface area contributed by atoms with Crippen LogP contribution in [0.2, 0.25) is 0 Å². The van der Waals surface area contributed by atoms with Gasteiger partial charge in [0.25, 0.3) is 0 Å². The van der Waals surface area contributed by atoms with Gasteiger partial charge in [-0.15, -0.1) is 0 Å². The summed E-state index contributed by atoms with van der Waals surface area (Å²) in [5.74, 6) is 0.355. The third-order valence-electron chi connectivity index (χ3n) is 4.12. The van der Waals surface area contributed by atoms with E-state index in [9.17, 15) is 13.2 Å². The van der Waals surface area contributed by atoms with E-state index in [2.05, 4.69) is 6.92 Å². The first-order valence-corrected chi connectivity index (χ1v) is 9.24. The van der Waals surface area contributed by atoms with Crippen molar-refractivity contribution in [2.45, 2.75) is 50.7 Å². The second kappa shape index (κ2) is 7.98. The van der Waals surface area contributed by atoms with Gasteiger partial charge in [0.05, 0.1) is 11.0 Å². The van der Waals surface area contributed by atoms with E-state index in [0.29, 0.717) is 19.0 Å². The Labute approximate surface area is 122 Å². The first-order chi connectivity index (χ1) is 9.36. The van der Waals surface area contributed by atoms with Crippen LogP contribution in [0.5, 0.6) is 0 Å². The van der Waals surface area contributed by atoms with Gasteiger partial charge in [0, 0.05) is 20.0 Å². The van der Waals surface area contributed by atoms with Crippen molar-refractivity contribution >= 4 is 15.7 Å². The number of amides is 1. The Bertz CT molecular complexity index is 409. The lowest BCUT2D eigenvalue weighted by atomic mass is 9.91. The minimum absolute atomic E-state index is 0.0177. The predicted molar refractivity (Wildman–Crippen MR) is 81.1 cm³/mol. The zero-order chi connectivity index (χ0) is 15.2. The molecule has 0 aromatic heterocycles. The lowest BCUT2D eigenvalue weighted by Crippen LogP contribution is -2.33.